The molecular formula is C13H10N2O3. The molecule has 1 aromatic carbocycles. The normalized spacial score (nSPS) is 10.1. The topological polar surface area (TPSA) is 73.1 Å². The van der Waals surface area contributed by atoms with Gasteiger partial charge in [0.05, 0.1) is 10.6 Å². The fraction of sp³-hybridized carbons (Fsp3) is 0.0769. The molecule has 2 rings (SSSR count). The average molecular weight is 242 g/mol. The molecule has 0 bridgehead atoms. The van der Waals surface area contributed by atoms with Crippen LogP contribution in [0, 0.1) is 17.0 Å². The lowest BCUT2D eigenvalue weighted by Gasteiger charge is -2.03. The Balaban J connectivity index is 2.39. The average Bonchev–Trinajstić information content (AvgIpc) is 2.38. The van der Waals surface area contributed by atoms with Gasteiger partial charge < -0.3 is 0 Å². The Hall–Kier alpha value is -2.56. The van der Waals surface area contributed by atoms with Crippen LogP contribution in [0.5, 0.6) is 0 Å². The largest absolute Gasteiger partial charge is 0.298 e. The lowest BCUT2D eigenvalue weighted by atomic mass is 10.1. The molecule has 0 saturated carbocycles. The van der Waals surface area contributed by atoms with Crippen molar-refractivity contribution < 1.29 is 9.72 Å². The fourth-order valence-corrected chi connectivity index (χ4v) is 1.61. The molecule has 0 N–H and O–H groups in total. The number of pyridine rings is 1. The highest BCUT2D eigenvalue weighted by Gasteiger charge is 2.07. The van der Waals surface area contributed by atoms with Crippen LogP contribution < -0.4 is 0 Å². The van der Waals surface area contributed by atoms with Crippen LogP contribution in [-0.2, 0) is 0 Å². The molecular weight excluding hydrogens is 232 g/mol. The highest BCUT2D eigenvalue weighted by molar-refractivity contribution is 5.77. The third kappa shape index (κ3) is 2.24. The second-order valence-corrected chi connectivity index (χ2v) is 3.79. The predicted octanol–water partition coefficient (Wildman–Crippen LogP) is 2.78. The van der Waals surface area contributed by atoms with Crippen molar-refractivity contribution in [2.45, 2.75) is 6.92 Å². The van der Waals surface area contributed by atoms with Gasteiger partial charge in [0.1, 0.15) is 0 Å². The van der Waals surface area contributed by atoms with Crippen molar-refractivity contribution in [3.05, 3.63) is 57.8 Å². The maximum atomic E-state index is 10.7. The highest BCUT2D eigenvalue weighted by atomic mass is 16.6. The number of aromatic nitrogens is 1. The van der Waals surface area contributed by atoms with Crippen molar-refractivity contribution in [2.75, 3.05) is 0 Å². The molecule has 0 fully saturated rings. The number of rotatable bonds is 3. The number of nitrogens with zero attached hydrogens (tertiary/aromatic N) is 2. The summed E-state index contributed by atoms with van der Waals surface area (Å²) in [6, 6.07) is 9.55. The summed E-state index contributed by atoms with van der Waals surface area (Å²) in [5.74, 6) is 0. The van der Waals surface area contributed by atoms with Crippen molar-refractivity contribution >= 4 is 12.0 Å². The second kappa shape index (κ2) is 4.75. The summed E-state index contributed by atoms with van der Waals surface area (Å²) in [5, 5.41) is 10.5. The van der Waals surface area contributed by atoms with Crippen LogP contribution in [-0.4, -0.2) is 16.2 Å². The Morgan fingerprint density at radius 1 is 1.17 bits per heavy atom. The van der Waals surface area contributed by atoms with E-state index in [1.807, 2.05) is 0 Å². The molecule has 0 spiro atoms. The second-order valence-electron chi connectivity index (χ2n) is 3.79. The number of nitro benzene ring substituents is 1. The standard InChI is InChI=1S/C13H10N2O3/c1-9-11(8-16)4-7-13(14-9)10-2-5-12(6-3-10)15(17)18/h2-8H,1H3. The van der Waals surface area contributed by atoms with E-state index < -0.39 is 4.92 Å². The van der Waals surface area contributed by atoms with E-state index in [0.717, 1.165) is 11.8 Å². The Bertz CT molecular complexity index is 606. The van der Waals surface area contributed by atoms with Crippen LogP contribution in [0.3, 0.4) is 0 Å². The molecule has 90 valence electrons. The van der Waals surface area contributed by atoms with Gasteiger partial charge in [0.15, 0.2) is 6.29 Å². The molecule has 0 aliphatic rings. The minimum atomic E-state index is -0.446. The maximum Gasteiger partial charge on any atom is 0.269 e. The van der Waals surface area contributed by atoms with Crippen LogP contribution in [0.15, 0.2) is 36.4 Å². The van der Waals surface area contributed by atoms with Gasteiger partial charge in [-0.25, -0.2) is 0 Å². The first-order chi connectivity index (χ1) is 8.61. The van der Waals surface area contributed by atoms with E-state index in [-0.39, 0.29) is 5.69 Å². The monoisotopic (exact) mass is 242 g/mol. The Kier molecular flexibility index (Phi) is 3.14. The predicted molar refractivity (Wildman–Crippen MR) is 66.5 cm³/mol. The molecule has 0 amide bonds. The van der Waals surface area contributed by atoms with Gasteiger partial charge in [-0.2, -0.15) is 0 Å². The third-order valence-electron chi connectivity index (χ3n) is 2.63. The number of non-ortho nitro benzene ring substituents is 1. The zero-order valence-corrected chi connectivity index (χ0v) is 9.66. The molecule has 0 aliphatic carbocycles. The summed E-state index contributed by atoms with van der Waals surface area (Å²) in [6.07, 6.45) is 0.752. The van der Waals surface area contributed by atoms with Crippen molar-refractivity contribution in [3.63, 3.8) is 0 Å². The van der Waals surface area contributed by atoms with E-state index in [9.17, 15) is 14.9 Å². The van der Waals surface area contributed by atoms with Gasteiger partial charge in [0, 0.05) is 29.0 Å². The molecule has 0 unspecified atom stereocenters. The van der Waals surface area contributed by atoms with Crippen LogP contribution in [0.2, 0.25) is 0 Å². The minimum Gasteiger partial charge on any atom is -0.298 e. The van der Waals surface area contributed by atoms with Crippen LogP contribution in [0.25, 0.3) is 11.3 Å². The first-order valence-electron chi connectivity index (χ1n) is 5.29. The van der Waals surface area contributed by atoms with Crippen LogP contribution in [0.1, 0.15) is 16.1 Å². The molecule has 5 nitrogen and oxygen atoms in total. The summed E-state index contributed by atoms with van der Waals surface area (Å²) in [6.45, 7) is 1.75. The summed E-state index contributed by atoms with van der Waals surface area (Å²) in [5.41, 5.74) is 2.69. The number of carbonyl (C=O) groups is 1. The van der Waals surface area contributed by atoms with Crippen molar-refractivity contribution in [3.8, 4) is 11.3 Å². The van der Waals surface area contributed by atoms with Crippen molar-refractivity contribution in [2.24, 2.45) is 0 Å². The van der Waals surface area contributed by atoms with Gasteiger partial charge in [0.2, 0.25) is 0 Å². The van der Waals surface area contributed by atoms with Crippen LogP contribution >= 0.6 is 0 Å². The van der Waals surface area contributed by atoms with Crippen LogP contribution in [0.4, 0.5) is 5.69 Å². The van der Waals surface area contributed by atoms with E-state index in [1.165, 1.54) is 12.1 Å². The van der Waals surface area contributed by atoms with E-state index >= 15 is 0 Å². The summed E-state index contributed by atoms with van der Waals surface area (Å²) in [4.78, 5) is 25.1. The van der Waals surface area contributed by atoms with Gasteiger partial charge in [-0.1, -0.05) is 0 Å². The number of carbonyl (C=O) groups excluding carboxylic acids is 1. The molecule has 0 atom stereocenters. The number of benzene rings is 1. The number of hydrogen-bond acceptors (Lipinski definition) is 4. The third-order valence-corrected chi connectivity index (χ3v) is 2.63. The lowest BCUT2D eigenvalue weighted by Crippen LogP contribution is -1.93. The van der Waals surface area contributed by atoms with E-state index in [4.69, 9.17) is 0 Å². The van der Waals surface area contributed by atoms with Gasteiger partial charge in [-0.3, -0.25) is 19.9 Å². The van der Waals surface area contributed by atoms with Gasteiger partial charge in [-0.15, -0.1) is 0 Å². The Labute approximate surface area is 103 Å². The SMILES string of the molecule is Cc1nc(-c2ccc([N+](=O)[O-])cc2)ccc1C=O. The smallest absolute Gasteiger partial charge is 0.269 e. The molecule has 2 aromatic rings. The van der Waals surface area contributed by atoms with Gasteiger partial charge in [0.25, 0.3) is 5.69 Å². The molecule has 0 saturated heterocycles. The molecule has 5 heteroatoms. The number of nitro groups is 1. The molecule has 0 radical (unpaired) electrons. The van der Waals surface area contributed by atoms with Gasteiger partial charge in [-0.05, 0) is 31.2 Å². The number of aryl methyl sites for hydroxylation is 1. The van der Waals surface area contributed by atoms with E-state index in [2.05, 4.69) is 4.98 Å². The fourth-order valence-electron chi connectivity index (χ4n) is 1.61. The molecule has 1 aromatic heterocycles. The quantitative estimate of drug-likeness (QED) is 0.471. The zero-order valence-electron chi connectivity index (χ0n) is 9.66. The zero-order chi connectivity index (χ0) is 13.1. The van der Waals surface area contributed by atoms with Crippen molar-refractivity contribution in [1.29, 1.82) is 0 Å². The highest BCUT2D eigenvalue weighted by Crippen LogP contribution is 2.21. The first kappa shape index (κ1) is 11.9. The van der Waals surface area contributed by atoms with Gasteiger partial charge >= 0.3 is 0 Å². The first-order valence-corrected chi connectivity index (χ1v) is 5.29. The summed E-state index contributed by atoms with van der Waals surface area (Å²) in [7, 11) is 0. The molecule has 18 heavy (non-hydrogen) atoms. The minimum absolute atomic E-state index is 0.0417. The molecule has 1 heterocycles. The number of aldehydes is 1. The Morgan fingerprint density at radius 3 is 2.33 bits per heavy atom. The van der Waals surface area contributed by atoms with Crippen molar-refractivity contribution in [1.82, 2.24) is 4.98 Å². The molecule has 0 aliphatic heterocycles. The lowest BCUT2D eigenvalue weighted by molar-refractivity contribution is -0.384. The van der Waals surface area contributed by atoms with E-state index in [1.54, 1.807) is 31.2 Å². The summed E-state index contributed by atoms with van der Waals surface area (Å²) >= 11 is 0. The summed E-state index contributed by atoms with van der Waals surface area (Å²) < 4.78 is 0. The van der Waals surface area contributed by atoms with E-state index in [0.29, 0.717) is 17.0 Å². The maximum absolute atomic E-state index is 10.7. The Morgan fingerprint density at radius 2 is 1.83 bits per heavy atom. The number of hydrogen-bond donors (Lipinski definition) is 0.